The zero-order valence-corrected chi connectivity index (χ0v) is 11.8. The van der Waals surface area contributed by atoms with Crippen LogP contribution in [-0.2, 0) is 4.74 Å². The van der Waals surface area contributed by atoms with Crippen LogP contribution >= 0.6 is 0 Å². The molecule has 1 atom stereocenters. The molecule has 0 bridgehead atoms. The fourth-order valence-electron chi connectivity index (χ4n) is 2.87. The maximum atomic E-state index is 5.44. The second kappa shape index (κ2) is 6.35. The van der Waals surface area contributed by atoms with Crippen LogP contribution in [0.5, 0.6) is 0 Å². The Morgan fingerprint density at radius 2 is 2.00 bits per heavy atom. The van der Waals surface area contributed by atoms with Crippen molar-refractivity contribution in [2.45, 2.75) is 39.2 Å². The van der Waals surface area contributed by atoms with Crippen molar-refractivity contribution in [1.29, 1.82) is 0 Å². The van der Waals surface area contributed by atoms with Crippen molar-refractivity contribution < 1.29 is 4.74 Å². The second-order valence-corrected chi connectivity index (χ2v) is 5.42. The van der Waals surface area contributed by atoms with Crippen molar-refractivity contribution in [2.75, 3.05) is 20.3 Å². The Bertz CT molecular complexity index is 383. The van der Waals surface area contributed by atoms with Gasteiger partial charge in [0.1, 0.15) is 0 Å². The summed E-state index contributed by atoms with van der Waals surface area (Å²) in [5.74, 6) is 0.802. The summed E-state index contributed by atoms with van der Waals surface area (Å²) in [6, 6.07) is 7.11. The molecule has 1 fully saturated rings. The van der Waals surface area contributed by atoms with Crippen LogP contribution in [0.1, 0.15) is 42.0 Å². The molecule has 1 aliphatic heterocycles. The molecule has 0 amide bonds. The fourth-order valence-corrected chi connectivity index (χ4v) is 2.87. The molecule has 2 rings (SSSR count). The summed E-state index contributed by atoms with van der Waals surface area (Å²) < 4.78 is 5.44. The van der Waals surface area contributed by atoms with Gasteiger partial charge in [0, 0.05) is 19.3 Å². The highest BCUT2D eigenvalue weighted by molar-refractivity contribution is 5.35. The molecule has 18 heavy (non-hydrogen) atoms. The average molecular weight is 247 g/mol. The van der Waals surface area contributed by atoms with Crippen molar-refractivity contribution in [3.8, 4) is 0 Å². The summed E-state index contributed by atoms with van der Waals surface area (Å²) in [7, 11) is 2.08. The highest BCUT2D eigenvalue weighted by Gasteiger charge is 2.20. The third kappa shape index (κ3) is 3.12. The summed E-state index contributed by atoms with van der Waals surface area (Å²) in [5, 5.41) is 3.49. The minimum Gasteiger partial charge on any atom is -0.381 e. The molecule has 0 aromatic heterocycles. The smallest absolute Gasteiger partial charge is 0.0468 e. The van der Waals surface area contributed by atoms with Gasteiger partial charge in [0.15, 0.2) is 0 Å². The Kier molecular flexibility index (Phi) is 4.79. The quantitative estimate of drug-likeness (QED) is 0.880. The molecule has 0 aliphatic carbocycles. The fraction of sp³-hybridized carbons (Fsp3) is 0.625. The number of aryl methyl sites for hydroxylation is 1. The molecule has 1 N–H and O–H groups in total. The number of nitrogens with one attached hydrogen (secondary N) is 1. The van der Waals surface area contributed by atoms with Crippen LogP contribution < -0.4 is 5.32 Å². The van der Waals surface area contributed by atoms with E-state index >= 15 is 0 Å². The van der Waals surface area contributed by atoms with Gasteiger partial charge in [0.2, 0.25) is 0 Å². The predicted molar refractivity (Wildman–Crippen MR) is 75.9 cm³/mol. The first kappa shape index (κ1) is 13.6. The molecule has 0 saturated carbocycles. The van der Waals surface area contributed by atoms with Gasteiger partial charge in [-0.15, -0.1) is 0 Å². The molecule has 100 valence electrons. The Morgan fingerprint density at radius 1 is 1.28 bits per heavy atom. The monoisotopic (exact) mass is 247 g/mol. The third-order valence-corrected chi connectivity index (χ3v) is 4.28. The van der Waals surface area contributed by atoms with E-state index in [0.29, 0.717) is 6.04 Å². The topological polar surface area (TPSA) is 21.3 Å². The summed E-state index contributed by atoms with van der Waals surface area (Å²) in [6.45, 7) is 6.31. The largest absolute Gasteiger partial charge is 0.381 e. The minimum atomic E-state index is 0.480. The van der Waals surface area contributed by atoms with Crippen molar-refractivity contribution >= 4 is 0 Å². The molecule has 1 aromatic rings. The van der Waals surface area contributed by atoms with Crippen LogP contribution in [0.3, 0.4) is 0 Å². The first-order valence-electron chi connectivity index (χ1n) is 7.03. The Morgan fingerprint density at radius 3 is 2.67 bits per heavy atom. The van der Waals surface area contributed by atoms with Gasteiger partial charge in [-0.25, -0.2) is 0 Å². The lowest BCUT2D eigenvalue weighted by Crippen LogP contribution is -2.24. The molecule has 2 heteroatoms. The zero-order chi connectivity index (χ0) is 13.0. The van der Waals surface area contributed by atoms with Crippen molar-refractivity contribution in [2.24, 2.45) is 5.92 Å². The van der Waals surface area contributed by atoms with Crippen LogP contribution in [0.25, 0.3) is 0 Å². The van der Waals surface area contributed by atoms with Crippen molar-refractivity contribution in [3.05, 3.63) is 34.9 Å². The summed E-state index contributed by atoms with van der Waals surface area (Å²) in [6.07, 6.45) is 3.65. The van der Waals surface area contributed by atoms with Crippen molar-refractivity contribution in [1.82, 2.24) is 5.32 Å². The van der Waals surface area contributed by atoms with Crippen LogP contribution in [0.4, 0.5) is 0 Å². The Labute approximate surface area is 111 Å². The standard InChI is InChI=1S/C16H25NO/c1-12-5-4-6-15(13(12)2)16(17-3)11-14-7-9-18-10-8-14/h4-6,14,16-17H,7-11H2,1-3H3. The Hall–Kier alpha value is -0.860. The third-order valence-electron chi connectivity index (χ3n) is 4.28. The van der Waals surface area contributed by atoms with E-state index in [9.17, 15) is 0 Å². The minimum absolute atomic E-state index is 0.480. The van der Waals surface area contributed by atoms with E-state index in [2.05, 4.69) is 44.4 Å². The van der Waals surface area contributed by atoms with Gasteiger partial charge in [-0.2, -0.15) is 0 Å². The zero-order valence-electron chi connectivity index (χ0n) is 11.8. The lowest BCUT2D eigenvalue weighted by molar-refractivity contribution is 0.0608. The maximum Gasteiger partial charge on any atom is 0.0468 e. The van der Waals surface area contributed by atoms with Crippen LogP contribution in [0.15, 0.2) is 18.2 Å². The van der Waals surface area contributed by atoms with Gasteiger partial charge >= 0.3 is 0 Å². The molecular formula is C16H25NO. The number of hydrogen-bond donors (Lipinski definition) is 1. The van der Waals surface area contributed by atoms with Gasteiger partial charge in [-0.1, -0.05) is 18.2 Å². The van der Waals surface area contributed by atoms with E-state index in [-0.39, 0.29) is 0 Å². The summed E-state index contributed by atoms with van der Waals surface area (Å²) >= 11 is 0. The van der Waals surface area contributed by atoms with Gasteiger partial charge < -0.3 is 10.1 Å². The molecule has 1 aliphatic rings. The summed E-state index contributed by atoms with van der Waals surface area (Å²) in [5.41, 5.74) is 4.28. The number of hydrogen-bond acceptors (Lipinski definition) is 2. The second-order valence-electron chi connectivity index (χ2n) is 5.42. The number of rotatable bonds is 4. The van der Waals surface area contributed by atoms with E-state index in [1.807, 2.05) is 0 Å². The lowest BCUT2D eigenvalue weighted by Gasteiger charge is -2.28. The molecule has 1 saturated heterocycles. The lowest BCUT2D eigenvalue weighted by atomic mass is 9.87. The maximum absolute atomic E-state index is 5.44. The Balaban J connectivity index is 2.09. The highest BCUT2D eigenvalue weighted by atomic mass is 16.5. The predicted octanol–water partition coefficient (Wildman–Crippen LogP) is 3.38. The first-order chi connectivity index (χ1) is 8.72. The van der Waals surface area contributed by atoms with Crippen LogP contribution in [0.2, 0.25) is 0 Å². The highest BCUT2D eigenvalue weighted by Crippen LogP contribution is 2.29. The van der Waals surface area contributed by atoms with Crippen LogP contribution in [-0.4, -0.2) is 20.3 Å². The van der Waals surface area contributed by atoms with E-state index in [1.165, 1.54) is 36.0 Å². The average Bonchev–Trinajstić information content (AvgIpc) is 2.41. The van der Waals surface area contributed by atoms with Crippen LogP contribution in [0, 0.1) is 19.8 Å². The van der Waals surface area contributed by atoms with Gasteiger partial charge in [-0.3, -0.25) is 0 Å². The summed E-state index contributed by atoms with van der Waals surface area (Å²) in [4.78, 5) is 0. The molecule has 1 heterocycles. The van der Waals surface area contributed by atoms with Gasteiger partial charge in [0.25, 0.3) is 0 Å². The molecule has 0 spiro atoms. The first-order valence-corrected chi connectivity index (χ1v) is 7.03. The van der Waals surface area contributed by atoms with Gasteiger partial charge in [-0.05, 0) is 62.8 Å². The van der Waals surface area contributed by atoms with E-state index < -0.39 is 0 Å². The molecular weight excluding hydrogens is 222 g/mol. The normalized spacial score (nSPS) is 18.8. The SMILES string of the molecule is CNC(CC1CCOCC1)c1cccc(C)c1C. The van der Waals surface area contributed by atoms with Gasteiger partial charge in [0.05, 0.1) is 0 Å². The number of ether oxygens (including phenoxy) is 1. The number of benzene rings is 1. The van der Waals surface area contributed by atoms with E-state index in [1.54, 1.807) is 0 Å². The molecule has 2 nitrogen and oxygen atoms in total. The molecule has 1 unspecified atom stereocenters. The van der Waals surface area contributed by atoms with Crippen molar-refractivity contribution in [3.63, 3.8) is 0 Å². The van der Waals surface area contributed by atoms with E-state index in [4.69, 9.17) is 4.74 Å². The molecule has 1 aromatic carbocycles. The molecule has 0 radical (unpaired) electrons. The van der Waals surface area contributed by atoms with E-state index in [0.717, 1.165) is 19.1 Å².